The molecule has 7 nitrogen and oxygen atoms in total. The molecular weight excluding hydrogens is 368 g/mol. The van der Waals surface area contributed by atoms with Crippen molar-refractivity contribution in [2.45, 2.75) is 24.3 Å². The largest absolute Gasteiger partial charge is 0.379 e. The first-order chi connectivity index (χ1) is 13.0. The Morgan fingerprint density at radius 2 is 1.63 bits per heavy atom. The second-order valence-electron chi connectivity index (χ2n) is 7.08. The molecule has 2 fully saturated rings. The van der Waals surface area contributed by atoms with Crippen LogP contribution in [-0.2, 0) is 30.9 Å². The Bertz CT molecular complexity index is 863. The quantitative estimate of drug-likeness (QED) is 0.569. The van der Waals surface area contributed by atoms with E-state index in [1.807, 2.05) is 12.2 Å². The lowest BCUT2D eigenvalue weighted by molar-refractivity contribution is -0.140. The molecular formula is C19H22N2O5S. The van der Waals surface area contributed by atoms with Crippen molar-refractivity contribution in [3.8, 4) is 0 Å². The number of hydrogen-bond donors (Lipinski definition) is 0. The summed E-state index contributed by atoms with van der Waals surface area (Å²) in [6, 6.07) is 6.51. The highest BCUT2D eigenvalue weighted by molar-refractivity contribution is 7.89. The molecule has 2 saturated heterocycles. The van der Waals surface area contributed by atoms with E-state index in [1.54, 1.807) is 24.3 Å². The van der Waals surface area contributed by atoms with E-state index < -0.39 is 10.0 Å². The van der Waals surface area contributed by atoms with Gasteiger partial charge in [-0.05, 0) is 30.5 Å². The van der Waals surface area contributed by atoms with Gasteiger partial charge in [0.2, 0.25) is 21.8 Å². The molecule has 2 heterocycles. The molecule has 0 saturated carbocycles. The van der Waals surface area contributed by atoms with Gasteiger partial charge in [-0.15, -0.1) is 0 Å². The van der Waals surface area contributed by atoms with Crippen LogP contribution in [0, 0.1) is 11.8 Å². The van der Waals surface area contributed by atoms with Crippen molar-refractivity contribution < 1.29 is 22.7 Å². The maximum Gasteiger partial charge on any atom is 0.243 e. The summed E-state index contributed by atoms with van der Waals surface area (Å²) in [5, 5.41) is 0. The van der Waals surface area contributed by atoms with E-state index in [2.05, 4.69) is 0 Å². The number of benzene rings is 1. The number of imide groups is 1. The summed E-state index contributed by atoms with van der Waals surface area (Å²) in [5.74, 6) is -0.864. The Kier molecular flexibility index (Phi) is 4.88. The topological polar surface area (TPSA) is 84.0 Å². The summed E-state index contributed by atoms with van der Waals surface area (Å²) in [7, 11) is -3.61. The first kappa shape index (κ1) is 18.3. The van der Waals surface area contributed by atoms with E-state index in [9.17, 15) is 18.0 Å². The van der Waals surface area contributed by atoms with Gasteiger partial charge in [0.25, 0.3) is 0 Å². The van der Waals surface area contributed by atoms with Crippen LogP contribution in [0.2, 0.25) is 0 Å². The van der Waals surface area contributed by atoms with E-state index in [1.165, 1.54) is 9.21 Å². The Balaban J connectivity index is 1.55. The molecule has 1 aromatic rings. The number of rotatable bonds is 4. The van der Waals surface area contributed by atoms with E-state index in [0.717, 1.165) is 0 Å². The van der Waals surface area contributed by atoms with Crippen LogP contribution < -0.4 is 0 Å². The molecule has 0 N–H and O–H groups in total. The summed E-state index contributed by atoms with van der Waals surface area (Å²) in [6.07, 6.45) is 5.09. The molecule has 0 spiro atoms. The van der Waals surface area contributed by atoms with Crippen molar-refractivity contribution in [1.29, 1.82) is 0 Å². The van der Waals surface area contributed by atoms with Gasteiger partial charge in [0.05, 0.1) is 36.5 Å². The second kappa shape index (κ2) is 7.18. The lowest BCUT2D eigenvalue weighted by atomic mass is 9.85. The maximum atomic E-state index is 12.8. The maximum absolute atomic E-state index is 12.8. The van der Waals surface area contributed by atoms with Gasteiger partial charge in [-0.25, -0.2) is 8.42 Å². The molecule has 27 heavy (non-hydrogen) atoms. The second-order valence-corrected chi connectivity index (χ2v) is 9.02. The van der Waals surface area contributed by atoms with Gasteiger partial charge in [0.1, 0.15) is 0 Å². The Morgan fingerprint density at radius 3 is 2.26 bits per heavy atom. The number of ether oxygens (including phenoxy) is 1. The van der Waals surface area contributed by atoms with Gasteiger partial charge < -0.3 is 4.74 Å². The number of fused-ring (bicyclic) bond motifs is 1. The molecule has 0 bridgehead atoms. The third-order valence-corrected chi connectivity index (χ3v) is 7.34. The summed E-state index contributed by atoms with van der Waals surface area (Å²) >= 11 is 0. The molecule has 2 aliphatic heterocycles. The zero-order valence-electron chi connectivity index (χ0n) is 14.9. The average Bonchev–Trinajstić information content (AvgIpc) is 2.94. The SMILES string of the molecule is O=C1[C@H]2CC=CC[C@H]2C(=O)N1Cc1cccc(S(=O)(=O)N2CCOCC2)c1. The number of carbonyl (C=O) groups excluding carboxylic acids is 2. The van der Waals surface area contributed by atoms with Gasteiger partial charge >= 0.3 is 0 Å². The van der Waals surface area contributed by atoms with E-state index >= 15 is 0 Å². The number of morpholine rings is 1. The molecule has 8 heteroatoms. The van der Waals surface area contributed by atoms with Gasteiger partial charge in [0.15, 0.2) is 0 Å². The number of sulfonamides is 1. The number of hydrogen-bond acceptors (Lipinski definition) is 5. The molecule has 1 aromatic carbocycles. The van der Waals surface area contributed by atoms with E-state index in [4.69, 9.17) is 4.74 Å². The van der Waals surface area contributed by atoms with Crippen LogP contribution in [0.3, 0.4) is 0 Å². The van der Waals surface area contributed by atoms with Crippen LogP contribution in [0.5, 0.6) is 0 Å². The molecule has 0 unspecified atom stereocenters. The number of likely N-dealkylation sites (tertiary alicyclic amines) is 1. The molecule has 1 aliphatic carbocycles. The minimum Gasteiger partial charge on any atom is -0.379 e. The van der Waals surface area contributed by atoms with E-state index in [0.29, 0.717) is 44.7 Å². The molecule has 144 valence electrons. The van der Waals surface area contributed by atoms with Crippen LogP contribution in [0.4, 0.5) is 0 Å². The van der Waals surface area contributed by atoms with Gasteiger partial charge in [0, 0.05) is 13.1 Å². The predicted octanol–water partition coefficient (Wildman–Crippen LogP) is 1.16. The van der Waals surface area contributed by atoms with Crippen molar-refractivity contribution >= 4 is 21.8 Å². The predicted molar refractivity (Wildman–Crippen MR) is 96.9 cm³/mol. The van der Waals surface area contributed by atoms with Gasteiger partial charge in [-0.1, -0.05) is 24.3 Å². The Morgan fingerprint density at radius 1 is 1.00 bits per heavy atom. The van der Waals surface area contributed by atoms with Crippen molar-refractivity contribution in [2.75, 3.05) is 26.3 Å². The first-order valence-corrected chi connectivity index (χ1v) is 10.6. The molecule has 2 atom stereocenters. The highest BCUT2D eigenvalue weighted by Gasteiger charge is 2.47. The highest BCUT2D eigenvalue weighted by atomic mass is 32.2. The molecule has 4 rings (SSSR count). The van der Waals surface area contributed by atoms with Crippen LogP contribution in [0.15, 0.2) is 41.3 Å². The smallest absolute Gasteiger partial charge is 0.243 e. The zero-order valence-corrected chi connectivity index (χ0v) is 15.7. The molecule has 2 amide bonds. The fourth-order valence-electron chi connectivity index (χ4n) is 3.95. The fraction of sp³-hybridized carbons (Fsp3) is 0.474. The monoisotopic (exact) mass is 390 g/mol. The zero-order chi connectivity index (χ0) is 19.0. The summed E-state index contributed by atoms with van der Waals surface area (Å²) < 4.78 is 32.3. The third kappa shape index (κ3) is 3.33. The van der Waals surface area contributed by atoms with Crippen molar-refractivity contribution in [1.82, 2.24) is 9.21 Å². The third-order valence-electron chi connectivity index (χ3n) is 5.45. The number of carbonyl (C=O) groups is 2. The minimum absolute atomic E-state index is 0.108. The Labute approximate surface area is 158 Å². The van der Waals surface area contributed by atoms with Crippen LogP contribution in [-0.4, -0.2) is 55.7 Å². The highest BCUT2D eigenvalue weighted by Crippen LogP contribution is 2.36. The average molecular weight is 390 g/mol. The van der Waals surface area contributed by atoms with Crippen LogP contribution >= 0.6 is 0 Å². The van der Waals surface area contributed by atoms with Crippen LogP contribution in [0.1, 0.15) is 18.4 Å². The molecule has 3 aliphatic rings. The first-order valence-electron chi connectivity index (χ1n) is 9.15. The molecule has 0 radical (unpaired) electrons. The normalized spacial score (nSPS) is 26.4. The van der Waals surface area contributed by atoms with Crippen molar-refractivity contribution in [2.24, 2.45) is 11.8 Å². The van der Waals surface area contributed by atoms with E-state index in [-0.39, 0.29) is 35.1 Å². The van der Waals surface area contributed by atoms with Gasteiger partial charge in [-0.2, -0.15) is 4.31 Å². The minimum atomic E-state index is -3.61. The Hall–Kier alpha value is -2.03. The number of nitrogens with zero attached hydrogens (tertiary/aromatic N) is 2. The van der Waals surface area contributed by atoms with Gasteiger partial charge in [-0.3, -0.25) is 14.5 Å². The lowest BCUT2D eigenvalue weighted by Crippen LogP contribution is -2.40. The standard InChI is InChI=1S/C19H22N2O5S/c22-18-16-6-1-2-7-17(16)19(23)21(18)13-14-4-3-5-15(12-14)27(24,25)20-8-10-26-11-9-20/h1-5,12,16-17H,6-11,13H2/t16-,17+. The summed E-state index contributed by atoms with van der Waals surface area (Å²) in [4.78, 5) is 26.7. The van der Waals surface area contributed by atoms with Crippen molar-refractivity contribution in [3.63, 3.8) is 0 Å². The number of allylic oxidation sites excluding steroid dienone is 2. The summed E-state index contributed by atoms with van der Waals surface area (Å²) in [5.41, 5.74) is 0.637. The molecule has 0 aromatic heterocycles. The van der Waals surface area contributed by atoms with Crippen LogP contribution in [0.25, 0.3) is 0 Å². The summed E-state index contributed by atoms with van der Waals surface area (Å²) in [6.45, 7) is 1.52. The fourth-order valence-corrected chi connectivity index (χ4v) is 5.43. The van der Waals surface area contributed by atoms with Crippen molar-refractivity contribution in [3.05, 3.63) is 42.0 Å². The number of amides is 2. The lowest BCUT2D eigenvalue weighted by Gasteiger charge is -2.26.